The van der Waals surface area contributed by atoms with Gasteiger partial charge in [-0.15, -0.1) is 21.5 Å². The number of carbonyl (C=O) groups is 1. The summed E-state index contributed by atoms with van der Waals surface area (Å²) >= 11 is 1.53. The van der Waals surface area contributed by atoms with Gasteiger partial charge in [-0.3, -0.25) is 4.79 Å². The average molecular weight is 375 g/mol. The molecule has 0 unspecified atom stereocenters. The van der Waals surface area contributed by atoms with Crippen LogP contribution in [0.2, 0.25) is 0 Å². The number of rotatable bonds is 6. The molecule has 0 radical (unpaired) electrons. The van der Waals surface area contributed by atoms with E-state index in [1.807, 2.05) is 60.0 Å². The van der Waals surface area contributed by atoms with E-state index in [9.17, 15) is 4.79 Å². The second-order valence-corrected chi connectivity index (χ2v) is 6.94. The third kappa shape index (κ3) is 4.30. The van der Waals surface area contributed by atoms with Crippen LogP contribution in [0, 0.1) is 0 Å². The van der Waals surface area contributed by atoms with E-state index in [0.29, 0.717) is 18.2 Å². The number of nitrogens with one attached hydrogen (secondary N) is 1. The van der Waals surface area contributed by atoms with Gasteiger partial charge in [0.05, 0.1) is 17.8 Å². The summed E-state index contributed by atoms with van der Waals surface area (Å²) in [5.74, 6) is 0.787. The first-order chi connectivity index (χ1) is 13.3. The van der Waals surface area contributed by atoms with Crippen LogP contribution in [0.1, 0.15) is 11.5 Å². The highest BCUT2D eigenvalue weighted by molar-refractivity contribution is 7.13. The van der Waals surface area contributed by atoms with Crippen molar-refractivity contribution in [2.75, 3.05) is 0 Å². The molecule has 0 fully saturated rings. The minimum Gasteiger partial charge on any atom is -0.418 e. The lowest BCUT2D eigenvalue weighted by molar-refractivity contribution is -0.120. The third-order valence-electron chi connectivity index (χ3n) is 4.06. The molecule has 1 N–H and O–H groups in total. The molecule has 2 aromatic heterocycles. The largest absolute Gasteiger partial charge is 0.418 e. The smallest absolute Gasteiger partial charge is 0.257 e. The van der Waals surface area contributed by atoms with Crippen LogP contribution in [0.15, 0.2) is 76.5 Å². The summed E-state index contributed by atoms with van der Waals surface area (Å²) in [5, 5.41) is 12.7. The van der Waals surface area contributed by atoms with Crippen LogP contribution in [0.4, 0.5) is 0 Å². The summed E-state index contributed by atoms with van der Waals surface area (Å²) in [6.07, 6.45) is 0.307. The van der Waals surface area contributed by atoms with Crippen molar-refractivity contribution in [1.82, 2.24) is 15.5 Å². The van der Waals surface area contributed by atoms with Crippen LogP contribution < -0.4 is 5.32 Å². The van der Waals surface area contributed by atoms with Gasteiger partial charge >= 0.3 is 0 Å². The molecular formula is C21H17N3O2S. The van der Waals surface area contributed by atoms with E-state index in [0.717, 1.165) is 21.6 Å². The Balaban J connectivity index is 1.32. The topological polar surface area (TPSA) is 68.0 Å². The van der Waals surface area contributed by atoms with Crippen molar-refractivity contribution >= 4 is 17.2 Å². The predicted molar refractivity (Wildman–Crippen MR) is 105 cm³/mol. The standard InChI is InChI=1S/C21H17N3O2S/c25-19(22-14-20-23-24-21(26-20)18-7-4-12-27-18)13-15-8-10-17(11-9-15)16-5-2-1-3-6-16/h1-12H,13-14H2,(H,22,25). The van der Waals surface area contributed by atoms with Crippen LogP contribution >= 0.6 is 11.3 Å². The Labute approximate surface area is 160 Å². The molecule has 27 heavy (non-hydrogen) atoms. The van der Waals surface area contributed by atoms with E-state index in [-0.39, 0.29) is 12.5 Å². The quantitative estimate of drug-likeness (QED) is 0.545. The zero-order valence-electron chi connectivity index (χ0n) is 14.5. The lowest BCUT2D eigenvalue weighted by Crippen LogP contribution is -2.24. The SMILES string of the molecule is O=C(Cc1ccc(-c2ccccc2)cc1)NCc1nnc(-c2cccs2)o1. The Morgan fingerprint density at radius 2 is 1.70 bits per heavy atom. The number of benzene rings is 2. The van der Waals surface area contributed by atoms with Gasteiger partial charge in [0, 0.05) is 0 Å². The third-order valence-corrected chi connectivity index (χ3v) is 4.92. The van der Waals surface area contributed by atoms with Crippen LogP contribution in [0.5, 0.6) is 0 Å². The van der Waals surface area contributed by atoms with Gasteiger partial charge in [0.25, 0.3) is 5.89 Å². The van der Waals surface area contributed by atoms with Crippen molar-refractivity contribution in [1.29, 1.82) is 0 Å². The Morgan fingerprint density at radius 3 is 2.44 bits per heavy atom. The monoisotopic (exact) mass is 375 g/mol. The molecule has 0 aliphatic carbocycles. The number of thiophene rings is 1. The zero-order valence-corrected chi connectivity index (χ0v) is 15.3. The zero-order chi connectivity index (χ0) is 18.5. The maximum absolute atomic E-state index is 12.2. The Kier molecular flexibility index (Phi) is 5.07. The number of carbonyl (C=O) groups excluding carboxylic acids is 1. The van der Waals surface area contributed by atoms with Crippen molar-refractivity contribution in [3.05, 3.63) is 83.6 Å². The molecule has 4 aromatic rings. The lowest BCUT2D eigenvalue weighted by Gasteiger charge is -2.05. The highest BCUT2D eigenvalue weighted by Gasteiger charge is 2.11. The van der Waals surface area contributed by atoms with Crippen LogP contribution in [-0.4, -0.2) is 16.1 Å². The van der Waals surface area contributed by atoms with Gasteiger partial charge in [-0.05, 0) is 28.1 Å². The Hall–Kier alpha value is -3.25. The molecule has 1 amide bonds. The maximum Gasteiger partial charge on any atom is 0.257 e. The van der Waals surface area contributed by atoms with E-state index in [1.54, 1.807) is 0 Å². The number of hydrogen-bond acceptors (Lipinski definition) is 5. The van der Waals surface area contributed by atoms with Crippen molar-refractivity contribution in [2.45, 2.75) is 13.0 Å². The fourth-order valence-corrected chi connectivity index (χ4v) is 3.34. The van der Waals surface area contributed by atoms with Crippen LogP contribution in [0.25, 0.3) is 21.9 Å². The maximum atomic E-state index is 12.2. The van der Waals surface area contributed by atoms with Crippen molar-refractivity contribution in [3.8, 4) is 21.9 Å². The van der Waals surface area contributed by atoms with E-state index in [1.165, 1.54) is 11.3 Å². The molecule has 6 heteroatoms. The van der Waals surface area contributed by atoms with E-state index in [4.69, 9.17) is 4.42 Å². The number of aromatic nitrogens is 2. The number of amides is 1. The minimum atomic E-state index is -0.0849. The molecule has 134 valence electrons. The second kappa shape index (κ2) is 7.97. The normalized spacial score (nSPS) is 10.7. The molecule has 0 bridgehead atoms. The molecule has 4 rings (SSSR count). The summed E-state index contributed by atoms with van der Waals surface area (Å²) < 4.78 is 5.57. The van der Waals surface area contributed by atoms with Gasteiger partial charge < -0.3 is 9.73 Å². The molecule has 0 atom stereocenters. The van der Waals surface area contributed by atoms with Gasteiger partial charge in [0.1, 0.15) is 0 Å². The average Bonchev–Trinajstić information content (AvgIpc) is 3.39. The van der Waals surface area contributed by atoms with E-state index < -0.39 is 0 Å². The lowest BCUT2D eigenvalue weighted by atomic mass is 10.0. The van der Waals surface area contributed by atoms with Gasteiger partial charge in [0.15, 0.2) is 0 Å². The van der Waals surface area contributed by atoms with Crippen LogP contribution in [0.3, 0.4) is 0 Å². The summed E-state index contributed by atoms with van der Waals surface area (Å²) in [6, 6.07) is 22.0. The predicted octanol–water partition coefficient (Wildman–Crippen LogP) is 4.32. The molecule has 2 aromatic carbocycles. The highest BCUT2D eigenvalue weighted by Crippen LogP contribution is 2.23. The second-order valence-electron chi connectivity index (χ2n) is 5.99. The van der Waals surface area contributed by atoms with Gasteiger partial charge in [-0.1, -0.05) is 60.7 Å². The minimum absolute atomic E-state index is 0.0849. The van der Waals surface area contributed by atoms with Gasteiger partial charge in [-0.25, -0.2) is 0 Å². The van der Waals surface area contributed by atoms with E-state index >= 15 is 0 Å². The molecule has 0 spiro atoms. The van der Waals surface area contributed by atoms with Crippen molar-refractivity contribution in [2.24, 2.45) is 0 Å². The van der Waals surface area contributed by atoms with Crippen molar-refractivity contribution < 1.29 is 9.21 Å². The highest BCUT2D eigenvalue weighted by atomic mass is 32.1. The summed E-state index contributed by atoms with van der Waals surface area (Å²) in [6.45, 7) is 0.222. The molecular weight excluding hydrogens is 358 g/mol. The fourth-order valence-electron chi connectivity index (χ4n) is 2.69. The number of hydrogen-bond donors (Lipinski definition) is 1. The Bertz CT molecular complexity index is 1010. The molecule has 0 aliphatic heterocycles. The summed E-state index contributed by atoms with van der Waals surface area (Å²) in [5.41, 5.74) is 3.25. The molecule has 0 aliphatic rings. The summed E-state index contributed by atoms with van der Waals surface area (Å²) in [7, 11) is 0. The molecule has 0 saturated heterocycles. The van der Waals surface area contributed by atoms with Gasteiger partial charge in [-0.2, -0.15) is 0 Å². The van der Waals surface area contributed by atoms with E-state index in [2.05, 4.69) is 27.6 Å². The number of nitrogens with zero attached hydrogens (tertiary/aromatic N) is 2. The van der Waals surface area contributed by atoms with Crippen molar-refractivity contribution in [3.63, 3.8) is 0 Å². The first kappa shape index (κ1) is 17.2. The van der Waals surface area contributed by atoms with Gasteiger partial charge in [0.2, 0.25) is 11.8 Å². The first-order valence-electron chi connectivity index (χ1n) is 8.55. The molecule has 0 saturated carbocycles. The summed E-state index contributed by atoms with van der Waals surface area (Å²) in [4.78, 5) is 13.1. The fraction of sp³-hybridized carbons (Fsp3) is 0.0952. The Morgan fingerprint density at radius 1 is 0.926 bits per heavy atom. The first-order valence-corrected chi connectivity index (χ1v) is 9.43. The molecule has 2 heterocycles. The van der Waals surface area contributed by atoms with Crippen LogP contribution in [-0.2, 0) is 17.8 Å². The molecule has 5 nitrogen and oxygen atoms in total.